The van der Waals surface area contributed by atoms with Gasteiger partial charge < -0.3 is 61.6 Å². The lowest BCUT2D eigenvalue weighted by atomic mass is 9.91. The van der Waals surface area contributed by atoms with Crippen molar-refractivity contribution in [1.29, 1.82) is 0 Å². The molecule has 6 aromatic rings. The molecule has 0 radical (unpaired) electrons. The Morgan fingerprint density at radius 3 is 1.40 bits per heavy atom. The van der Waals surface area contributed by atoms with Crippen molar-refractivity contribution in [3.05, 3.63) is 155 Å². The molecule has 6 aromatic carbocycles. The summed E-state index contributed by atoms with van der Waals surface area (Å²) in [6, 6.07) is 26.9. The van der Waals surface area contributed by atoms with Gasteiger partial charge in [0.1, 0.15) is 46.7 Å². The van der Waals surface area contributed by atoms with E-state index < -0.39 is 82.5 Å². The van der Waals surface area contributed by atoms with Crippen LogP contribution in [-0.2, 0) is 52.6 Å². The van der Waals surface area contributed by atoms with Crippen molar-refractivity contribution in [3.8, 4) is 57.5 Å². The van der Waals surface area contributed by atoms with Crippen molar-refractivity contribution < 1.29 is 97.5 Å². The Morgan fingerprint density at radius 1 is 0.468 bits per heavy atom. The van der Waals surface area contributed by atoms with Crippen LogP contribution in [0.1, 0.15) is 45.6 Å². The number of ether oxygens (including phenoxy) is 13. The fourth-order valence-electron chi connectivity index (χ4n) is 9.45. The highest BCUT2D eigenvalue weighted by molar-refractivity contribution is 5.85. The predicted octanol–water partition coefficient (Wildman–Crippen LogP) is 10.9. The van der Waals surface area contributed by atoms with Crippen LogP contribution in [-0.4, -0.2) is 93.4 Å². The van der Waals surface area contributed by atoms with E-state index in [2.05, 4.69) is 0 Å². The Labute approximate surface area is 438 Å². The number of fused-ring (bicyclic) bond motifs is 2. The van der Waals surface area contributed by atoms with Crippen molar-refractivity contribution >= 4 is 11.9 Å². The van der Waals surface area contributed by atoms with Crippen LogP contribution < -0.4 is 42.6 Å². The zero-order chi connectivity index (χ0) is 55.5. The van der Waals surface area contributed by atoms with Crippen molar-refractivity contribution in [1.82, 2.24) is 0 Å². The zero-order valence-corrected chi connectivity index (χ0v) is 42.7. The number of methoxy groups -OCH3 is 8. The van der Waals surface area contributed by atoms with Gasteiger partial charge in [-0.05, 0) is 29.8 Å². The molecule has 0 aromatic heterocycles. The lowest BCUT2D eigenvalue weighted by molar-refractivity contribution is -0.279. The summed E-state index contributed by atoms with van der Waals surface area (Å²) < 4.78 is 167. The molecule has 408 valence electrons. The minimum Gasteiger partial charge on any atom is -0.496 e. The van der Waals surface area contributed by atoms with Crippen LogP contribution in [0.15, 0.2) is 121 Å². The highest BCUT2D eigenvalue weighted by atomic mass is 19.4. The predicted molar refractivity (Wildman–Crippen MR) is 261 cm³/mol. The number of hydrogen-bond donors (Lipinski definition) is 0. The van der Waals surface area contributed by atoms with Crippen LogP contribution in [0.25, 0.3) is 0 Å². The smallest absolute Gasteiger partial charge is 0.432 e. The number of esters is 2. The summed E-state index contributed by atoms with van der Waals surface area (Å²) in [5.41, 5.74) is -7.07. The van der Waals surface area contributed by atoms with E-state index >= 15 is 26.3 Å². The average molecular weight is 1080 g/mol. The summed E-state index contributed by atoms with van der Waals surface area (Å²) in [5.74, 6) is -3.06. The summed E-state index contributed by atoms with van der Waals surface area (Å²) in [5, 5.41) is 0. The molecule has 77 heavy (non-hydrogen) atoms. The molecule has 6 atom stereocenters. The number of carbonyl (C=O) groups is 2. The number of rotatable bonds is 18. The van der Waals surface area contributed by atoms with E-state index in [4.69, 9.17) is 61.6 Å². The van der Waals surface area contributed by atoms with Gasteiger partial charge in [0.25, 0.3) is 11.2 Å². The molecule has 0 amide bonds. The molecule has 0 spiro atoms. The van der Waals surface area contributed by atoms with Crippen molar-refractivity contribution in [2.75, 3.05) is 56.9 Å². The zero-order valence-electron chi connectivity index (χ0n) is 42.7. The van der Waals surface area contributed by atoms with E-state index in [1.54, 1.807) is 18.2 Å². The van der Waals surface area contributed by atoms with Crippen LogP contribution in [0.2, 0.25) is 0 Å². The van der Waals surface area contributed by atoms with Gasteiger partial charge in [-0.15, -0.1) is 0 Å². The fraction of sp³-hybridized carbons (Fsp3) is 0.321. The second-order valence-corrected chi connectivity index (χ2v) is 17.4. The van der Waals surface area contributed by atoms with Gasteiger partial charge in [-0.1, -0.05) is 72.8 Å². The number of halogens is 6. The minimum atomic E-state index is -5.40. The minimum absolute atomic E-state index is 0.00529. The van der Waals surface area contributed by atoms with Gasteiger partial charge in [-0.2, -0.15) is 26.3 Å². The Morgan fingerprint density at radius 2 is 0.922 bits per heavy atom. The third kappa shape index (κ3) is 10.3. The second-order valence-electron chi connectivity index (χ2n) is 17.4. The molecule has 0 aliphatic carbocycles. The van der Waals surface area contributed by atoms with Crippen molar-refractivity contribution in [3.63, 3.8) is 0 Å². The molecule has 2 aliphatic rings. The van der Waals surface area contributed by atoms with Gasteiger partial charge in [0.05, 0.1) is 35.5 Å². The standard InChI is InChI=1S/C56H52F6O15/c1-65-35-25-41(67-3)38-30-48(77-52(64)54(72-8,56(60,61)62)34-17-13-10-14-18-34)50(75-43(38)26-35)32-20-22-40(76-51(63)53(71-7,55(57,58)59)33-15-11-9-12-16-33)46(24-32)73-36-27-42(68-4)37-29-47(70-6)49(74-44(37)28-36)31-19-21-39(66-2)45(23-31)69-5/h9-28,47-50H,29-30H2,1-8H3/t47-,48-,49-,50-,53-,54-/m1/s1. The van der Waals surface area contributed by atoms with Gasteiger partial charge in [0, 0.05) is 86.3 Å². The summed E-state index contributed by atoms with van der Waals surface area (Å²) in [7, 11) is 10.0. The average Bonchev–Trinajstić information content (AvgIpc) is 3.43. The number of carbonyl (C=O) groups excluding carboxylic acids is 2. The molecule has 8 rings (SSSR count). The number of hydrogen-bond acceptors (Lipinski definition) is 15. The first-order valence-corrected chi connectivity index (χ1v) is 23.5. The van der Waals surface area contributed by atoms with E-state index in [1.165, 1.54) is 115 Å². The third-order valence-electron chi connectivity index (χ3n) is 13.3. The monoisotopic (exact) mass is 1080 g/mol. The largest absolute Gasteiger partial charge is 0.496 e. The van der Waals surface area contributed by atoms with Gasteiger partial charge in [-0.25, -0.2) is 9.59 Å². The first-order valence-electron chi connectivity index (χ1n) is 23.5. The van der Waals surface area contributed by atoms with E-state index in [-0.39, 0.29) is 58.5 Å². The number of benzene rings is 6. The molecule has 21 heteroatoms. The van der Waals surface area contributed by atoms with E-state index in [9.17, 15) is 9.59 Å². The molecule has 0 unspecified atom stereocenters. The molecule has 0 N–H and O–H groups in total. The normalized spacial score (nSPS) is 18.6. The second kappa shape index (κ2) is 22.4. The lowest BCUT2D eigenvalue weighted by Crippen LogP contribution is -2.53. The molecule has 2 aliphatic heterocycles. The van der Waals surface area contributed by atoms with Crippen molar-refractivity contribution in [2.24, 2.45) is 0 Å². The maximum absolute atomic E-state index is 15.3. The third-order valence-corrected chi connectivity index (χ3v) is 13.3. The first kappa shape index (κ1) is 55.4. The SMILES string of the molecule is COc1cc(OC)c2c(c1)O[C@H](c1ccc(OC(=O)[C@](OC)(c3ccccc3)C(F)(F)F)c(Oc3cc(OC)c4c(c3)O[C@H](c3ccc(OC)c(OC)c3)[C@H](OC)C4)c1)[C@H](OC(=O)[C@](OC)(c1ccccc1)C(F)(F)F)C2. The van der Waals surface area contributed by atoms with Crippen LogP contribution >= 0.6 is 0 Å². The quantitative estimate of drug-likeness (QED) is 0.0455. The highest BCUT2D eigenvalue weighted by Gasteiger charge is 2.66. The number of alkyl halides is 6. The maximum Gasteiger partial charge on any atom is 0.432 e. The molecule has 15 nitrogen and oxygen atoms in total. The van der Waals surface area contributed by atoms with Gasteiger partial charge in [0.15, 0.2) is 35.2 Å². The van der Waals surface area contributed by atoms with Gasteiger partial charge in [0.2, 0.25) is 0 Å². The van der Waals surface area contributed by atoms with E-state index in [1.807, 2.05) is 0 Å². The Kier molecular flexibility index (Phi) is 16.1. The topological polar surface area (TPSA) is 154 Å². The van der Waals surface area contributed by atoms with E-state index in [0.29, 0.717) is 36.8 Å². The van der Waals surface area contributed by atoms with Gasteiger partial charge in [-0.3, -0.25) is 0 Å². The molecular formula is C56H52F6O15. The Bertz CT molecular complexity index is 3080. The Hall–Kier alpha value is -7.88. The summed E-state index contributed by atoms with van der Waals surface area (Å²) >= 11 is 0. The van der Waals surface area contributed by atoms with Crippen LogP contribution in [0.4, 0.5) is 26.3 Å². The maximum atomic E-state index is 15.3. The van der Waals surface area contributed by atoms with E-state index in [0.717, 1.165) is 30.3 Å². The molecular weight excluding hydrogens is 1030 g/mol. The molecule has 0 fully saturated rings. The Balaban J connectivity index is 1.28. The van der Waals surface area contributed by atoms with Crippen LogP contribution in [0, 0.1) is 0 Å². The first-order chi connectivity index (χ1) is 36.8. The lowest BCUT2D eigenvalue weighted by Gasteiger charge is -2.38. The van der Waals surface area contributed by atoms with Crippen molar-refractivity contribution in [2.45, 2.75) is 60.8 Å². The molecule has 0 bridgehead atoms. The highest BCUT2D eigenvalue weighted by Crippen LogP contribution is 2.51. The fourth-order valence-corrected chi connectivity index (χ4v) is 9.45. The molecule has 2 heterocycles. The summed E-state index contributed by atoms with van der Waals surface area (Å²) in [6.07, 6.45) is -15.4. The molecule has 0 saturated heterocycles. The van der Waals surface area contributed by atoms with Crippen LogP contribution in [0.5, 0.6) is 57.5 Å². The van der Waals surface area contributed by atoms with Gasteiger partial charge >= 0.3 is 24.3 Å². The summed E-state index contributed by atoms with van der Waals surface area (Å²) in [6.45, 7) is 0. The van der Waals surface area contributed by atoms with Crippen LogP contribution in [0.3, 0.4) is 0 Å². The molecule has 0 saturated carbocycles. The summed E-state index contributed by atoms with van der Waals surface area (Å²) in [4.78, 5) is 28.6.